The van der Waals surface area contributed by atoms with Crippen molar-refractivity contribution in [1.82, 2.24) is 15.2 Å². The summed E-state index contributed by atoms with van der Waals surface area (Å²) < 4.78 is 42.4. The molecule has 1 fully saturated rings. The topological polar surface area (TPSA) is 65.5 Å². The Labute approximate surface area is 195 Å². The molecule has 2 N–H and O–H groups in total. The Hall–Kier alpha value is -3.67. The predicted molar refractivity (Wildman–Crippen MR) is 122 cm³/mol. The molecule has 4 rings (SSSR count). The number of carbonyl (C=O) groups excluding carboxylic acids is 1. The zero-order chi connectivity index (χ0) is 24.1. The van der Waals surface area contributed by atoms with Gasteiger partial charge in [0.2, 0.25) is 0 Å². The van der Waals surface area contributed by atoms with Crippen LogP contribution in [0, 0.1) is 11.8 Å². The summed E-state index contributed by atoms with van der Waals surface area (Å²) in [5, 5.41) is 12.3. The summed E-state index contributed by atoms with van der Waals surface area (Å²) in [5.41, 5.74) is 0.565. The van der Waals surface area contributed by atoms with Crippen molar-refractivity contribution < 1.29 is 23.1 Å². The number of pyridine rings is 1. The maximum absolute atomic E-state index is 14.1. The number of alkyl halides is 3. The van der Waals surface area contributed by atoms with Gasteiger partial charge in [-0.2, -0.15) is 13.2 Å². The average Bonchev–Trinajstić information content (AvgIpc) is 2.87. The minimum Gasteiger partial charge on any atom is -0.392 e. The summed E-state index contributed by atoms with van der Waals surface area (Å²) in [7, 11) is 0. The number of hydrogen-bond acceptors (Lipinski definition) is 4. The molecule has 0 atom stereocenters. The molecule has 8 heteroatoms. The van der Waals surface area contributed by atoms with Crippen LogP contribution in [0.25, 0.3) is 11.3 Å². The molecule has 1 aliphatic heterocycles. The second-order valence-electron chi connectivity index (χ2n) is 7.81. The Kier molecular flexibility index (Phi) is 6.96. The number of aliphatic hydroxyl groups excluding tert-OH is 1. The fourth-order valence-corrected chi connectivity index (χ4v) is 3.81. The molecule has 0 saturated carbocycles. The first-order valence-electron chi connectivity index (χ1n) is 10.8. The minimum absolute atomic E-state index is 0.0937. The molecule has 2 heterocycles. The van der Waals surface area contributed by atoms with E-state index in [0.29, 0.717) is 37.3 Å². The van der Waals surface area contributed by atoms with E-state index in [9.17, 15) is 23.1 Å². The second kappa shape index (κ2) is 10.1. The van der Waals surface area contributed by atoms with Gasteiger partial charge in [-0.25, -0.2) is 0 Å². The first kappa shape index (κ1) is 23.5. The predicted octanol–water partition coefficient (Wildman–Crippen LogP) is 3.70. The molecule has 34 heavy (non-hydrogen) atoms. The van der Waals surface area contributed by atoms with Crippen LogP contribution in [-0.4, -0.2) is 47.1 Å². The number of rotatable bonds is 3. The van der Waals surface area contributed by atoms with Gasteiger partial charge in [-0.1, -0.05) is 36.1 Å². The molecular formula is C26H22F3N3O2. The van der Waals surface area contributed by atoms with E-state index in [2.05, 4.69) is 22.1 Å². The zero-order valence-corrected chi connectivity index (χ0v) is 18.2. The van der Waals surface area contributed by atoms with Gasteiger partial charge in [0.15, 0.2) is 0 Å². The van der Waals surface area contributed by atoms with Crippen molar-refractivity contribution in [3.8, 4) is 23.1 Å². The first-order chi connectivity index (χ1) is 16.4. The van der Waals surface area contributed by atoms with Crippen LogP contribution in [0.5, 0.6) is 0 Å². The van der Waals surface area contributed by atoms with Crippen LogP contribution in [0.4, 0.5) is 13.2 Å². The largest absolute Gasteiger partial charge is 0.417 e. The smallest absolute Gasteiger partial charge is 0.392 e. The quantitative estimate of drug-likeness (QED) is 0.579. The molecule has 1 aliphatic rings. The molecule has 1 aromatic heterocycles. The Bertz CT molecular complexity index is 1240. The van der Waals surface area contributed by atoms with Gasteiger partial charge in [-0.15, -0.1) is 0 Å². The van der Waals surface area contributed by atoms with E-state index in [4.69, 9.17) is 0 Å². The monoisotopic (exact) mass is 465 g/mol. The molecule has 1 amide bonds. The Balaban J connectivity index is 1.66. The minimum atomic E-state index is -4.73. The Morgan fingerprint density at radius 2 is 1.76 bits per heavy atom. The molecule has 3 aromatic rings. The van der Waals surface area contributed by atoms with E-state index in [0.717, 1.165) is 5.56 Å². The molecular weight excluding hydrogens is 443 g/mol. The van der Waals surface area contributed by atoms with Crippen LogP contribution in [0.2, 0.25) is 0 Å². The second-order valence-corrected chi connectivity index (χ2v) is 7.81. The lowest BCUT2D eigenvalue weighted by molar-refractivity contribution is -0.137. The molecule has 0 bridgehead atoms. The van der Waals surface area contributed by atoms with Crippen molar-refractivity contribution in [3.63, 3.8) is 0 Å². The molecule has 0 unspecified atom stereocenters. The fraction of sp³-hybridized carbons (Fsp3) is 0.231. The molecule has 2 aromatic carbocycles. The van der Waals surface area contributed by atoms with Crippen LogP contribution >= 0.6 is 0 Å². The number of halogens is 3. The van der Waals surface area contributed by atoms with Crippen molar-refractivity contribution in [2.45, 2.75) is 12.8 Å². The molecule has 1 saturated heterocycles. The summed E-state index contributed by atoms with van der Waals surface area (Å²) in [6.07, 6.45) is -3.32. The van der Waals surface area contributed by atoms with Gasteiger partial charge in [-0.3, -0.25) is 9.78 Å². The molecule has 5 nitrogen and oxygen atoms in total. The van der Waals surface area contributed by atoms with Crippen molar-refractivity contribution in [1.29, 1.82) is 0 Å². The number of amides is 1. The lowest BCUT2D eigenvalue weighted by Gasteiger charge is -2.28. The van der Waals surface area contributed by atoms with Crippen LogP contribution < -0.4 is 5.32 Å². The third-order valence-corrected chi connectivity index (χ3v) is 5.48. The number of hydrogen-bond donors (Lipinski definition) is 2. The summed E-state index contributed by atoms with van der Waals surface area (Å²) >= 11 is 0. The SMILES string of the molecule is O=C(c1cccc(-c2ccc(C#Cc3cccc(CO)c3)cn2)c1C(F)(F)F)N1CCNCC1. The van der Waals surface area contributed by atoms with Gasteiger partial charge in [0, 0.05) is 49.1 Å². The maximum Gasteiger partial charge on any atom is 0.417 e. The van der Waals surface area contributed by atoms with E-state index >= 15 is 0 Å². The van der Waals surface area contributed by atoms with Crippen LogP contribution in [0.1, 0.15) is 32.6 Å². The summed E-state index contributed by atoms with van der Waals surface area (Å²) in [4.78, 5) is 18.6. The number of nitrogens with one attached hydrogen (secondary N) is 1. The normalized spacial score (nSPS) is 13.8. The molecule has 174 valence electrons. The highest BCUT2D eigenvalue weighted by molar-refractivity contribution is 5.98. The van der Waals surface area contributed by atoms with Gasteiger partial charge >= 0.3 is 6.18 Å². The Morgan fingerprint density at radius 1 is 1.03 bits per heavy atom. The van der Waals surface area contributed by atoms with Gasteiger partial charge < -0.3 is 15.3 Å². The Morgan fingerprint density at radius 3 is 2.44 bits per heavy atom. The first-order valence-corrected chi connectivity index (χ1v) is 10.8. The summed E-state index contributed by atoms with van der Waals surface area (Å²) in [6, 6.07) is 14.2. The van der Waals surface area contributed by atoms with Crippen molar-refractivity contribution in [2.24, 2.45) is 0 Å². The van der Waals surface area contributed by atoms with E-state index in [1.165, 1.54) is 35.4 Å². The molecule has 0 aliphatic carbocycles. The average molecular weight is 465 g/mol. The van der Waals surface area contributed by atoms with Gasteiger partial charge in [-0.05, 0) is 35.9 Å². The maximum atomic E-state index is 14.1. The van der Waals surface area contributed by atoms with Crippen LogP contribution in [0.15, 0.2) is 60.8 Å². The lowest BCUT2D eigenvalue weighted by Crippen LogP contribution is -2.46. The zero-order valence-electron chi connectivity index (χ0n) is 18.2. The highest BCUT2D eigenvalue weighted by Gasteiger charge is 2.39. The van der Waals surface area contributed by atoms with Crippen molar-refractivity contribution in [3.05, 3.63) is 88.6 Å². The van der Waals surface area contributed by atoms with Gasteiger partial charge in [0.25, 0.3) is 5.91 Å². The number of nitrogens with zero attached hydrogens (tertiary/aromatic N) is 2. The summed E-state index contributed by atoms with van der Waals surface area (Å²) in [6.45, 7) is 1.70. The van der Waals surface area contributed by atoms with Gasteiger partial charge in [0.1, 0.15) is 0 Å². The lowest BCUT2D eigenvalue weighted by atomic mass is 9.96. The highest BCUT2D eigenvalue weighted by atomic mass is 19.4. The fourth-order valence-electron chi connectivity index (χ4n) is 3.81. The van der Waals surface area contributed by atoms with E-state index < -0.39 is 17.6 Å². The number of benzene rings is 2. The third-order valence-electron chi connectivity index (χ3n) is 5.48. The van der Waals surface area contributed by atoms with Crippen LogP contribution in [-0.2, 0) is 12.8 Å². The highest BCUT2D eigenvalue weighted by Crippen LogP contribution is 2.39. The van der Waals surface area contributed by atoms with E-state index in [1.807, 2.05) is 0 Å². The van der Waals surface area contributed by atoms with Crippen LogP contribution in [0.3, 0.4) is 0 Å². The van der Waals surface area contributed by atoms with Gasteiger partial charge in [0.05, 0.1) is 23.4 Å². The number of piperazine rings is 1. The third kappa shape index (κ3) is 5.28. The molecule has 0 spiro atoms. The van der Waals surface area contributed by atoms with Crippen molar-refractivity contribution >= 4 is 5.91 Å². The summed E-state index contributed by atoms with van der Waals surface area (Å²) in [5.74, 6) is 5.24. The standard InChI is InChI=1S/C26H22F3N3O2/c27-26(28,29)24-21(5-2-6-22(24)25(34)32-13-11-30-12-14-32)23-10-9-19(16-31-23)8-7-18-3-1-4-20(15-18)17-33/h1-6,9-10,15-16,30,33H,11-14,17H2. The van der Waals surface area contributed by atoms with E-state index in [-0.39, 0.29) is 23.4 Å². The van der Waals surface area contributed by atoms with E-state index in [1.54, 1.807) is 30.3 Å². The number of carbonyl (C=O) groups is 1. The number of aromatic nitrogens is 1. The number of aliphatic hydroxyl groups is 1. The molecule has 0 radical (unpaired) electrons. The van der Waals surface area contributed by atoms with Crippen molar-refractivity contribution in [2.75, 3.05) is 26.2 Å².